The lowest BCUT2D eigenvalue weighted by Gasteiger charge is -2.31. The van der Waals surface area contributed by atoms with E-state index in [-0.39, 0.29) is 6.10 Å². The second-order valence-corrected chi connectivity index (χ2v) is 6.42. The van der Waals surface area contributed by atoms with E-state index in [4.69, 9.17) is 5.73 Å². The minimum absolute atomic E-state index is 0.204. The van der Waals surface area contributed by atoms with Crippen molar-refractivity contribution in [2.45, 2.75) is 45.1 Å². The number of nitrogen functional groups attached to an aromatic ring is 1. The van der Waals surface area contributed by atoms with Crippen LogP contribution in [0.4, 0.5) is 11.8 Å². The molecule has 2 heterocycles. The zero-order valence-corrected chi connectivity index (χ0v) is 13.9. The lowest BCUT2D eigenvalue weighted by Crippen LogP contribution is -2.28. The highest BCUT2D eigenvalue weighted by molar-refractivity contribution is 5.44. The van der Waals surface area contributed by atoms with Gasteiger partial charge in [0.25, 0.3) is 0 Å². The van der Waals surface area contributed by atoms with Crippen LogP contribution in [0, 0.1) is 13.8 Å². The van der Waals surface area contributed by atoms with Crippen LogP contribution in [0.3, 0.4) is 0 Å². The molecule has 4 N–H and O–H groups in total. The van der Waals surface area contributed by atoms with Crippen molar-refractivity contribution in [2.75, 3.05) is 24.2 Å². The van der Waals surface area contributed by atoms with Gasteiger partial charge >= 0.3 is 0 Å². The molecule has 0 aliphatic heterocycles. The number of hydrogen-bond acceptors (Lipinski definition) is 6. The number of H-pyrrole nitrogens is 1. The van der Waals surface area contributed by atoms with E-state index in [1.165, 1.54) is 5.56 Å². The van der Waals surface area contributed by atoms with E-state index < -0.39 is 0 Å². The molecule has 0 spiro atoms. The summed E-state index contributed by atoms with van der Waals surface area (Å²) in [4.78, 5) is 10.8. The minimum atomic E-state index is -0.204. The molecule has 0 atom stereocenters. The summed E-state index contributed by atoms with van der Waals surface area (Å²) in [5.74, 6) is 1.41. The smallest absolute Gasteiger partial charge is 0.222 e. The molecule has 0 unspecified atom stereocenters. The summed E-state index contributed by atoms with van der Waals surface area (Å²) in [6.45, 7) is 4.88. The Morgan fingerprint density at radius 2 is 2.09 bits per heavy atom. The van der Waals surface area contributed by atoms with Crippen molar-refractivity contribution < 1.29 is 5.11 Å². The molecular weight excluding hydrogens is 292 g/mol. The Morgan fingerprint density at radius 3 is 2.70 bits per heavy atom. The maximum atomic E-state index is 9.48. The second-order valence-electron chi connectivity index (χ2n) is 6.42. The summed E-state index contributed by atoms with van der Waals surface area (Å²) < 4.78 is 0. The molecule has 2 aromatic rings. The Balaban J connectivity index is 1.70. The van der Waals surface area contributed by atoms with Gasteiger partial charge in [-0.3, -0.25) is 5.10 Å². The average molecular weight is 316 g/mol. The number of rotatable bonds is 5. The fraction of sp³-hybridized carbons (Fsp3) is 0.562. The molecule has 23 heavy (non-hydrogen) atoms. The Labute approximate surface area is 135 Å². The fourth-order valence-corrected chi connectivity index (χ4v) is 3.04. The number of nitrogens with one attached hydrogen (secondary N) is 1. The topological polar surface area (TPSA) is 104 Å². The molecule has 0 amide bonds. The Hall–Kier alpha value is -2.15. The van der Waals surface area contributed by atoms with Gasteiger partial charge in [0.15, 0.2) is 0 Å². The predicted molar refractivity (Wildman–Crippen MR) is 89.5 cm³/mol. The SMILES string of the molecule is Cc1n[nH]c(C)c1CCN(C)c1cc(C2CC(O)C2)nc(N)n1. The zero-order valence-electron chi connectivity index (χ0n) is 13.9. The van der Waals surface area contributed by atoms with Crippen LogP contribution < -0.4 is 10.6 Å². The number of nitrogens with zero attached hydrogens (tertiary/aromatic N) is 4. The Bertz CT molecular complexity index is 672. The van der Waals surface area contributed by atoms with Gasteiger partial charge in [0.1, 0.15) is 5.82 Å². The van der Waals surface area contributed by atoms with Crippen LogP contribution in [0.15, 0.2) is 6.07 Å². The summed E-state index contributed by atoms with van der Waals surface area (Å²) in [7, 11) is 2.01. The molecule has 7 heteroatoms. The second kappa shape index (κ2) is 6.16. The first-order valence-corrected chi connectivity index (χ1v) is 7.98. The standard InChI is InChI=1S/C16H24N6O/c1-9-13(10(2)21-20-9)4-5-22(3)15-8-14(18-16(17)19-15)11-6-12(23)7-11/h8,11-12,23H,4-7H2,1-3H3,(H,20,21)(H2,17,18,19). The molecule has 2 aromatic heterocycles. The van der Waals surface area contributed by atoms with E-state index >= 15 is 0 Å². The van der Waals surface area contributed by atoms with Gasteiger partial charge in [-0.2, -0.15) is 10.1 Å². The third-order valence-electron chi connectivity index (χ3n) is 4.65. The summed E-state index contributed by atoms with van der Waals surface area (Å²) in [5, 5.41) is 16.7. The number of hydrogen-bond donors (Lipinski definition) is 3. The Kier molecular flexibility index (Phi) is 4.21. The van der Waals surface area contributed by atoms with E-state index in [9.17, 15) is 5.11 Å². The minimum Gasteiger partial charge on any atom is -0.393 e. The number of nitrogens with two attached hydrogens (primary N) is 1. The first-order valence-electron chi connectivity index (χ1n) is 7.98. The van der Waals surface area contributed by atoms with Gasteiger partial charge in [-0.1, -0.05) is 0 Å². The third kappa shape index (κ3) is 3.29. The number of aliphatic hydroxyl groups is 1. The van der Waals surface area contributed by atoms with E-state index in [0.717, 1.165) is 48.7 Å². The zero-order chi connectivity index (χ0) is 16.6. The van der Waals surface area contributed by atoms with Crippen molar-refractivity contribution >= 4 is 11.8 Å². The molecule has 0 radical (unpaired) electrons. The first kappa shape index (κ1) is 15.7. The van der Waals surface area contributed by atoms with Crippen LogP contribution >= 0.6 is 0 Å². The van der Waals surface area contributed by atoms with Gasteiger partial charge in [-0.25, -0.2) is 4.98 Å². The number of aromatic amines is 1. The molecule has 1 fully saturated rings. The molecule has 124 valence electrons. The van der Waals surface area contributed by atoms with Crippen molar-refractivity contribution in [3.8, 4) is 0 Å². The van der Waals surface area contributed by atoms with E-state index in [0.29, 0.717) is 11.9 Å². The van der Waals surface area contributed by atoms with Gasteiger partial charge < -0.3 is 15.7 Å². The van der Waals surface area contributed by atoms with Crippen LogP contribution in [-0.2, 0) is 6.42 Å². The molecule has 7 nitrogen and oxygen atoms in total. The molecule has 0 bridgehead atoms. The van der Waals surface area contributed by atoms with E-state index in [1.807, 2.05) is 27.0 Å². The molecule has 1 aliphatic rings. The van der Waals surface area contributed by atoms with Gasteiger partial charge in [0.05, 0.1) is 17.5 Å². The van der Waals surface area contributed by atoms with Gasteiger partial charge in [0, 0.05) is 31.3 Å². The average Bonchev–Trinajstić information content (AvgIpc) is 2.79. The highest BCUT2D eigenvalue weighted by Crippen LogP contribution is 2.36. The van der Waals surface area contributed by atoms with Gasteiger partial charge in [-0.15, -0.1) is 0 Å². The van der Waals surface area contributed by atoms with E-state index in [1.54, 1.807) is 0 Å². The van der Waals surface area contributed by atoms with Crippen molar-refractivity contribution in [1.82, 2.24) is 20.2 Å². The quantitative estimate of drug-likeness (QED) is 0.768. The first-order chi connectivity index (χ1) is 10.9. The highest BCUT2D eigenvalue weighted by Gasteiger charge is 2.30. The predicted octanol–water partition coefficient (Wildman–Crippen LogP) is 1.32. The van der Waals surface area contributed by atoms with Gasteiger partial charge in [0.2, 0.25) is 5.95 Å². The maximum Gasteiger partial charge on any atom is 0.222 e. The number of aliphatic hydroxyl groups excluding tert-OH is 1. The summed E-state index contributed by atoms with van der Waals surface area (Å²) in [5.41, 5.74) is 10.2. The van der Waals surface area contributed by atoms with Crippen LogP contribution in [0.2, 0.25) is 0 Å². The van der Waals surface area contributed by atoms with E-state index in [2.05, 4.69) is 25.1 Å². The number of likely N-dealkylation sites (N-methyl/N-ethyl adjacent to an activating group) is 1. The fourth-order valence-electron chi connectivity index (χ4n) is 3.04. The van der Waals surface area contributed by atoms with Crippen LogP contribution in [0.1, 0.15) is 41.4 Å². The van der Waals surface area contributed by atoms with Gasteiger partial charge in [-0.05, 0) is 38.7 Å². The molecule has 0 saturated heterocycles. The maximum absolute atomic E-state index is 9.48. The lowest BCUT2D eigenvalue weighted by molar-refractivity contribution is 0.0732. The van der Waals surface area contributed by atoms with Crippen molar-refractivity contribution in [3.63, 3.8) is 0 Å². The number of anilines is 2. The molecular formula is C16H24N6O. The van der Waals surface area contributed by atoms with Crippen LogP contribution in [0.5, 0.6) is 0 Å². The summed E-state index contributed by atoms with van der Waals surface area (Å²) in [6, 6.07) is 1.99. The van der Waals surface area contributed by atoms with Crippen LogP contribution in [0.25, 0.3) is 0 Å². The molecule has 1 saturated carbocycles. The van der Waals surface area contributed by atoms with Crippen molar-refractivity contribution in [1.29, 1.82) is 0 Å². The molecule has 0 aromatic carbocycles. The summed E-state index contributed by atoms with van der Waals surface area (Å²) >= 11 is 0. The number of aryl methyl sites for hydroxylation is 2. The molecule has 1 aliphatic carbocycles. The largest absolute Gasteiger partial charge is 0.393 e. The summed E-state index contributed by atoms with van der Waals surface area (Å²) in [6.07, 6.45) is 2.20. The van der Waals surface area contributed by atoms with Crippen molar-refractivity contribution in [2.24, 2.45) is 0 Å². The lowest BCUT2D eigenvalue weighted by atomic mass is 9.80. The number of aromatic nitrogens is 4. The third-order valence-corrected chi connectivity index (χ3v) is 4.65. The molecule has 3 rings (SSSR count). The van der Waals surface area contributed by atoms with Crippen LogP contribution in [-0.4, -0.2) is 45.0 Å². The normalized spacial score (nSPS) is 20.3. The highest BCUT2D eigenvalue weighted by atomic mass is 16.3. The Morgan fingerprint density at radius 1 is 1.35 bits per heavy atom. The monoisotopic (exact) mass is 316 g/mol. The van der Waals surface area contributed by atoms with Crippen molar-refractivity contribution in [3.05, 3.63) is 28.7 Å².